The van der Waals surface area contributed by atoms with Crippen molar-refractivity contribution >= 4 is 26.8 Å². The molecule has 0 spiro atoms. The highest BCUT2D eigenvalue weighted by Gasteiger charge is 2.53. The Labute approximate surface area is 157 Å². The zero-order chi connectivity index (χ0) is 18.3. The molecule has 3 aromatic rings. The van der Waals surface area contributed by atoms with Crippen LogP contribution in [0, 0.1) is 0 Å². The maximum atomic E-state index is 12.5. The van der Waals surface area contributed by atoms with Gasteiger partial charge in [-0.1, -0.05) is 0 Å². The summed E-state index contributed by atoms with van der Waals surface area (Å²) in [6, 6.07) is 2.05. The van der Waals surface area contributed by atoms with Gasteiger partial charge in [0.05, 0.1) is 17.0 Å². The third-order valence-corrected chi connectivity index (χ3v) is 9.22. The zero-order valence-electron chi connectivity index (χ0n) is 15.1. The zero-order valence-corrected chi connectivity index (χ0v) is 15.9. The van der Waals surface area contributed by atoms with E-state index in [1.54, 1.807) is 0 Å². The van der Waals surface area contributed by atoms with Gasteiger partial charge in [-0.15, -0.1) is 0 Å². The van der Waals surface area contributed by atoms with E-state index in [9.17, 15) is 8.42 Å². The third kappa shape index (κ3) is 2.26. The number of H-pyrrole nitrogens is 1. The number of hydrogen-bond acceptors (Lipinski definition) is 4. The van der Waals surface area contributed by atoms with Crippen molar-refractivity contribution in [2.75, 3.05) is 0 Å². The van der Waals surface area contributed by atoms with Gasteiger partial charge in [0.25, 0.3) is 0 Å². The van der Waals surface area contributed by atoms with Crippen molar-refractivity contribution in [3.05, 3.63) is 30.4 Å². The number of hydrogen-bond donors (Lipinski definition) is 2. The fourth-order valence-electron chi connectivity index (χ4n) is 5.33. The van der Waals surface area contributed by atoms with Crippen LogP contribution in [-0.4, -0.2) is 38.6 Å². The predicted octanol–water partition coefficient (Wildman–Crippen LogP) is 2.64. The highest BCUT2D eigenvalue weighted by Crippen LogP contribution is 2.54. The number of rotatable bonds is 4. The third-order valence-electron chi connectivity index (χ3n) is 7.15. The molecule has 0 radical (unpaired) electrons. The maximum Gasteiger partial charge on any atom is 0.214 e. The second-order valence-electron chi connectivity index (χ2n) is 8.71. The minimum absolute atomic E-state index is 0.0811. The van der Waals surface area contributed by atoms with E-state index >= 15 is 0 Å². The van der Waals surface area contributed by atoms with Crippen LogP contribution in [0.2, 0.25) is 0 Å². The van der Waals surface area contributed by atoms with Gasteiger partial charge in [0.2, 0.25) is 10.0 Å². The van der Waals surface area contributed by atoms with Crippen molar-refractivity contribution in [3.8, 4) is 0 Å². The first-order valence-corrected chi connectivity index (χ1v) is 11.4. The summed E-state index contributed by atoms with van der Waals surface area (Å²) in [5.74, 6) is 0. The number of aromatic nitrogens is 4. The molecule has 4 saturated carbocycles. The van der Waals surface area contributed by atoms with E-state index in [1.807, 2.05) is 18.6 Å². The molecule has 8 heteroatoms. The lowest BCUT2D eigenvalue weighted by molar-refractivity contribution is 0.0914. The monoisotopic (exact) mass is 385 g/mol. The van der Waals surface area contributed by atoms with Crippen LogP contribution < -0.4 is 4.72 Å². The summed E-state index contributed by atoms with van der Waals surface area (Å²) in [6.45, 7) is 0. The summed E-state index contributed by atoms with van der Waals surface area (Å²) in [4.78, 5) is 12.2. The molecule has 27 heavy (non-hydrogen) atoms. The molecule has 0 aliphatic heterocycles. The SMILES string of the molecule is O=S(=O)(NC12CCC(c3cnc4cnc5[nH]ccc5n34)(CC1)CC2)C1CC1. The summed E-state index contributed by atoms with van der Waals surface area (Å²) in [6.07, 6.45) is 13.1. The molecule has 0 aromatic carbocycles. The molecule has 0 unspecified atom stereocenters. The first-order valence-electron chi connectivity index (χ1n) is 9.83. The van der Waals surface area contributed by atoms with Crippen LogP contribution in [0.15, 0.2) is 24.7 Å². The van der Waals surface area contributed by atoms with Gasteiger partial charge in [-0.05, 0) is 57.4 Å². The van der Waals surface area contributed by atoms with Gasteiger partial charge >= 0.3 is 0 Å². The molecule has 4 aliphatic carbocycles. The molecule has 142 valence electrons. The number of fused-ring (bicyclic) bond motifs is 6. The summed E-state index contributed by atoms with van der Waals surface area (Å²) in [5, 5.41) is -0.145. The van der Waals surface area contributed by atoms with Crippen LogP contribution in [0.5, 0.6) is 0 Å². The number of sulfonamides is 1. The van der Waals surface area contributed by atoms with Gasteiger partial charge in [0.1, 0.15) is 0 Å². The first kappa shape index (κ1) is 16.1. The Bertz CT molecular complexity index is 1130. The average Bonchev–Trinajstić information content (AvgIpc) is 3.27. The van der Waals surface area contributed by atoms with E-state index in [-0.39, 0.29) is 16.2 Å². The fraction of sp³-hybridized carbons (Fsp3) is 0.579. The molecule has 2 N–H and O–H groups in total. The standard InChI is InChI=1S/C19H23N5O2S/c25-27(26,13-1-2-13)23-19-7-4-18(5-8-19,6-9-19)15-11-21-16-12-22-17-14(24(15)16)3-10-20-17/h3,10-13,20,23H,1-2,4-9H2. The Kier molecular flexibility index (Phi) is 3.04. The average molecular weight is 385 g/mol. The molecule has 3 aromatic heterocycles. The van der Waals surface area contributed by atoms with Gasteiger partial charge in [0.15, 0.2) is 11.3 Å². The van der Waals surface area contributed by atoms with Gasteiger partial charge in [0, 0.05) is 29.0 Å². The summed E-state index contributed by atoms with van der Waals surface area (Å²) in [7, 11) is -3.14. The van der Waals surface area contributed by atoms with E-state index in [1.165, 1.54) is 5.69 Å². The largest absolute Gasteiger partial charge is 0.345 e. The van der Waals surface area contributed by atoms with Crippen LogP contribution in [0.4, 0.5) is 0 Å². The Morgan fingerprint density at radius 1 is 1.07 bits per heavy atom. The van der Waals surface area contributed by atoms with Crippen molar-refractivity contribution < 1.29 is 8.42 Å². The van der Waals surface area contributed by atoms with E-state index in [0.717, 1.165) is 68.2 Å². The molecule has 0 atom stereocenters. The Balaban J connectivity index is 1.37. The van der Waals surface area contributed by atoms with E-state index in [2.05, 4.69) is 30.1 Å². The van der Waals surface area contributed by atoms with Crippen molar-refractivity contribution in [3.63, 3.8) is 0 Å². The molecular formula is C19H23N5O2S. The van der Waals surface area contributed by atoms with Crippen LogP contribution in [-0.2, 0) is 15.4 Å². The van der Waals surface area contributed by atoms with Crippen molar-refractivity contribution in [2.45, 2.75) is 67.6 Å². The van der Waals surface area contributed by atoms with Gasteiger partial charge in [-0.25, -0.2) is 23.1 Å². The second kappa shape index (κ2) is 5.11. The first-order chi connectivity index (χ1) is 13.0. The summed E-state index contributed by atoms with van der Waals surface area (Å²) >= 11 is 0. The molecule has 7 nitrogen and oxygen atoms in total. The lowest BCUT2D eigenvalue weighted by atomic mass is 9.56. The smallest absolute Gasteiger partial charge is 0.214 e. The van der Waals surface area contributed by atoms with E-state index in [4.69, 9.17) is 0 Å². The molecule has 0 amide bonds. The highest BCUT2D eigenvalue weighted by atomic mass is 32.2. The minimum atomic E-state index is -3.14. The molecule has 4 fully saturated rings. The van der Waals surface area contributed by atoms with Crippen molar-refractivity contribution in [2.24, 2.45) is 0 Å². The molecule has 4 aliphatic rings. The number of imidazole rings is 1. The maximum absolute atomic E-state index is 12.5. The Morgan fingerprint density at radius 3 is 2.52 bits per heavy atom. The number of aromatic amines is 1. The minimum Gasteiger partial charge on any atom is -0.345 e. The van der Waals surface area contributed by atoms with Gasteiger partial charge in [-0.3, -0.25) is 4.40 Å². The molecule has 0 saturated heterocycles. The fourth-order valence-corrected chi connectivity index (χ4v) is 7.16. The number of nitrogens with one attached hydrogen (secondary N) is 2. The van der Waals surface area contributed by atoms with Crippen molar-refractivity contribution in [1.82, 2.24) is 24.1 Å². The molecule has 3 heterocycles. The van der Waals surface area contributed by atoms with Gasteiger partial charge < -0.3 is 4.98 Å². The van der Waals surface area contributed by atoms with Crippen LogP contribution in [0.1, 0.15) is 57.1 Å². The molecule has 7 rings (SSSR count). The van der Waals surface area contributed by atoms with Gasteiger partial charge in [-0.2, -0.15) is 0 Å². The lowest BCUT2D eigenvalue weighted by Gasteiger charge is -2.53. The molecule has 2 bridgehead atoms. The topological polar surface area (TPSA) is 92.2 Å². The highest BCUT2D eigenvalue weighted by molar-refractivity contribution is 7.90. The number of nitrogens with zero attached hydrogens (tertiary/aromatic N) is 3. The van der Waals surface area contributed by atoms with Crippen LogP contribution in [0.25, 0.3) is 16.8 Å². The quantitative estimate of drug-likeness (QED) is 0.722. The van der Waals surface area contributed by atoms with E-state index < -0.39 is 10.0 Å². The van der Waals surface area contributed by atoms with Crippen molar-refractivity contribution in [1.29, 1.82) is 0 Å². The van der Waals surface area contributed by atoms with Crippen LogP contribution in [0.3, 0.4) is 0 Å². The lowest BCUT2D eigenvalue weighted by Crippen LogP contribution is -2.58. The Hall–Kier alpha value is -1.93. The summed E-state index contributed by atoms with van der Waals surface area (Å²) < 4.78 is 30.4. The predicted molar refractivity (Wildman–Crippen MR) is 102 cm³/mol. The van der Waals surface area contributed by atoms with E-state index in [0.29, 0.717) is 0 Å². The summed E-state index contributed by atoms with van der Waals surface area (Å²) in [5.41, 5.74) is 3.92. The Morgan fingerprint density at radius 2 is 1.81 bits per heavy atom. The molecular weight excluding hydrogens is 362 g/mol. The normalized spacial score (nSPS) is 31.1. The van der Waals surface area contributed by atoms with Crippen LogP contribution >= 0.6 is 0 Å². The second-order valence-corrected chi connectivity index (χ2v) is 10.7.